The molecule has 2 bridgehead atoms. The summed E-state index contributed by atoms with van der Waals surface area (Å²) in [5.41, 5.74) is 1.21. The van der Waals surface area contributed by atoms with E-state index in [0.29, 0.717) is 16.8 Å². The molecule has 1 aromatic carbocycles. The number of alkyl halides is 2. The Labute approximate surface area is 171 Å². The second-order valence-electron chi connectivity index (χ2n) is 8.05. The maximum absolute atomic E-state index is 14.9. The molecule has 3 aromatic rings. The lowest BCUT2D eigenvalue weighted by atomic mass is 9.86. The van der Waals surface area contributed by atoms with E-state index in [9.17, 15) is 13.9 Å². The molecule has 2 saturated heterocycles. The molecule has 5 rings (SSSR count). The molecule has 2 aromatic heterocycles. The van der Waals surface area contributed by atoms with E-state index in [1.54, 1.807) is 48.4 Å². The second kappa shape index (κ2) is 6.94. The van der Waals surface area contributed by atoms with Crippen LogP contribution in [0.5, 0.6) is 5.75 Å². The van der Waals surface area contributed by atoms with Gasteiger partial charge < -0.3 is 15.0 Å². The molecule has 2 aliphatic heterocycles. The van der Waals surface area contributed by atoms with E-state index in [-0.39, 0.29) is 30.5 Å². The minimum absolute atomic E-state index is 0.0315. The molecule has 0 radical (unpaired) electrons. The van der Waals surface area contributed by atoms with Gasteiger partial charge in [-0.3, -0.25) is 0 Å². The Bertz CT molecular complexity index is 1100. The van der Waals surface area contributed by atoms with E-state index in [1.165, 1.54) is 6.20 Å². The van der Waals surface area contributed by atoms with Crippen LogP contribution in [0.1, 0.15) is 25.6 Å². The average molecular weight is 410 g/mol. The largest absolute Gasteiger partial charge is 0.507 e. The molecule has 2 fully saturated rings. The lowest BCUT2D eigenvalue weighted by molar-refractivity contribution is 0.186. The predicted molar refractivity (Wildman–Crippen MR) is 106 cm³/mol. The molecule has 0 amide bonds. The number of benzene rings is 1. The molecule has 2 N–H and O–H groups in total. The van der Waals surface area contributed by atoms with Gasteiger partial charge in [0.1, 0.15) is 23.8 Å². The molecule has 0 spiro atoms. The van der Waals surface area contributed by atoms with Gasteiger partial charge in [0.2, 0.25) is 0 Å². The third-order valence-corrected chi connectivity index (χ3v) is 5.86. The van der Waals surface area contributed by atoms with Crippen LogP contribution in [0.4, 0.5) is 8.78 Å². The first-order chi connectivity index (χ1) is 14.4. The molecule has 4 atom stereocenters. The van der Waals surface area contributed by atoms with Gasteiger partial charge in [0.25, 0.3) is 0 Å². The van der Waals surface area contributed by atoms with Crippen molar-refractivity contribution >= 4 is 6.08 Å². The van der Waals surface area contributed by atoms with Crippen molar-refractivity contribution in [2.75, 3.05) is 0 Å². The zero-order valence-corrected chi connectivity index (χ0v) is 16.2. The van der Waals surface area contributed by atoms with E-state index in [4.69, 9.17) is 0 Å². The van der Waals surface area contributed by atoms with Gasteiger partial charge >= 0.3 is 0 Å². The van der Waals surface area contributed by atoms with Gasteiger partial charge in [0.15, 0.2) is 5.82 Å². The number of hydrogen-bond acceptors (Lipinski definition) is 6. The highest BCUT2D eigenvalue weighted by molar-refractivity contribution is 5.68. The number of nitrogens with one attached hydrogen (secondary N) is 1. The number of aromatic hydroxyl groups is 1. The molecule has 30 heavy (non-hydrogen) atoms. The molecule has 154 valence electrons. The number of nitrogens with zero attached hydrogens (tertiary/aromatic N) is 5. The van der Waals surface area contributed by atoms with Crippen LogP contribution in [-0.4, -0.2) is 53.8 Å². The Morgan fingerprint density at radius 1 is 1.30 bits per heavy atom. The number of phenolic OH excluding ortho intramolecular Hbond substituents is 1. The Morgan fingerprint density at radius 3 is 2.87 bits per heavy atom. The van der Waals surface area contributed by atoms with Crippen molar-refractivity contribution in [1.82, 2.24) is 30.0 Å². The van der Waals surface area contributed by atoms with Crippen molar-refractivity contribution in [3.63, 3.8) is 0 Å². The van der Waals surface area contributed by atoms with E-state index in [2.05, 4.69) is 25.5 Å². The van der Waals surface area contributed by atoms with Gasteiger partial charge in [-0.05, 0) is 37.1 Å². The minimum atomic E-state index is -1.31. The number of hydrogen-bond donors (Lipinski definition) is 2. The summed E-state index contributed by atoms with van der Waals surface area (Å²) in [5.74, 6) is 0.287. The van der Waals surface area contributed by atoms with Crippen molar-refractivity contribution in [1.29, 1.82) is 0 Å². The summed E-state index contributed by atoms with van der Waals surface area (Å²) in [6.07, 6.45) is 6.15. The third kappa shape index (κ3) is 3.15. The first-order valence-corrected chi connectivity index (χ1v) is 9.71. The third-order valence-electron chi connectivity index (χ3n) is 5.86. The predicted octanol–water partition coefficient (Wildman–Crippen LogP) is 3.01. The van der Waals surface area contributed by atoms with Gasteiger partial charge in [-0.15, -0.1) is 10.2 Å². The fourth-order valence-electron chi connectivity index (χ4n) is 4.32. The lowest BCUT2D eigenvalue weighted by Gasteiger charge is -2.35. The highest BCUT2D eigenvalue weighted by Crippen LogP contribution is 2.42. The molecule has 0 saturated carbocycles. The first-order valence-electron chi connectivity index (χ1n) is 9.71. The Hall–Kier alpha value is -3.20. The normalized spacial score (nSPS) is 29.4. The summed E-state index contributed by atoms with van der Waals surface area (Å²) in [5, 5.41) is 21.6. The van der Waals surface area contributed by atoms with Gasteiger partial charge in [-0.25, -0.2) is 18.7 Å². The summed E-state index contributed by atoms with van der Waals surface area (Å²) in [6, 6.07) is 4.76. The first kappa shape index (κ1) is 18.8. The molecular formula is C21H20F2N6O. The van der Waals surface area contributed by atoms with Crippen LogP contribution in [0, 0.1) is 0 Å². The van der Waals surface area contributed by atoms with Crippen molar-refractivity contribution in [3.8, 4) is 22.7 Å². The zero-order valence-electron chi connectivity index (χ0n) is 16.2. The smallest absolute Gasteiger partial charge is 0.174 e. The highest BCUT2D eigenvalue weighted by atomic mass is 19.1. The van der Waals surface area contributed by atoms with Crippen molar-refractivity contribution in [3.05, 3.63) is 54.5 Å². The number of halogens is 2. The van der Waals surface area contributed by atoms with Crippen molar-refractivity contribution in [2.45, 2.75) is 43.7 Å². The topological polar surface area (TPSA) is 88.8 Å². The second-order valence-corrected chi connectivity index (χ2v) is 8.05. The summed E-state index contributed by atoms with van der Waals surface area (Å²) in [6.45, 7) is 1.70. The van der Waals surface area contributed by atoms with Crippen LogP contribution in [0.3, 0.4) is 0 Å². The lowest BCUT2D eigenvalue weighted by Crippen LogP contribution is -2.53. The number of fused-ring (bicyclic) bond motifs is 2. The summed E-state index contributed by atoms with van der Waals surface area (Å²) >= 11 is 0. The van der Waals surface area contributed by atoms with Crippen LogP contribution < -0.4 is 5.32 Å². The molecule has 4 heterocycles. The van der Waals surface area contributed by atoms with Crippen molar-refractivity contribution in [2.24, 2.45) is 0 Å². The van der Waals surface area contributed by atoms with Gasteiger partial charge in [-0.1, -0.05) is 0 Å². The molecule has 9 heteroatoms. The van der Waals surface area contributed by atoms with E-state index in [0.717, 1.165) is 5.69 Å². The van der Waals surface area contributed by atoms with Gasteiger partial charge in [0.05, 0.1) is 23.8 Å². The molecule has 0 aliphatic carbocycles. The number of imidazole rings is 1. The molecule has 2 aliphatic rings. The summed E-state index contributed by atoms with van der Waals surface area (Å²) < 4.78 is 30.8. The number of phenols is 1. The minimum Gasteiger partial charge on any atom is -0.507 e. The summed E-state index contributed by atoms with van der Waals surface area (Å²) in [7, 11) is 0. The monoisotopic (exact) mass is 410 g/mol. The highest BCUT2D eigenvalue weighted by Gasteiger charge is 2.52. The Balaban J connectivity index is 1.39. The maximum Gasteiger partial charge on any atom is 0.174 e. The SMILES string of the molecule is C[C@]12C[C@@H](F)[C@H](C/C(=C\c3ncc(-c4ccc(-n5ccnc5)cc4O)nn3)[C@@H]1F)N2. The van der Waals surface area contributed by atoms with Gasteiger partial charge in [0, 0.05) is 36.5 Å². The van der Waals surface area contributed by atoms with Crippen LogP contribution in [-0.2, 0) is 0 Å². The van der Waals surface area contributed by atoms with Crippen LogP contribution >= 0.6 is 0 Å². The standard InChI is InChI=1S/C21H20F2N6O/c1-21-9-15(22)16(26-21)6-12(20(21)23)7-19-25-10-17(27-28-19)14-3-2-13(8-18(14)30)29-5-4-24-11-29/h2-5,7-8,10-11,15-16,20,26,30H,6,9H2,1H3/b12-7+/t15-,16+,20+,21+/m1/s1. The van der Waals surface area contributed by atoms with E-state index in [1.807, 2.05) is 6.07 Å². The number of aromatic nitrogens is 5. The van der Waals surface area contributed by atoms with Crippen LogP contribution in [0.15, 0.2) is 48.7 Å². The number of rotatable bonds is 3. The van der Waals surface area contributed by atoms with Crippen LogP contribution in [0.25, 0.3) is 23.0 Å². The maximum atomic E-state index is 14.9. The number of piperidine rings is 1. The molecule has 7 nitrogen and oxygen atoms in total. The Kier molecular flexibility index (Phi) is 4.35. The molecule has 0 unspecified atom stereocenters. The van der Waals surface area contributed by atoms with E-state index < -0.39 is 17.9 Å². The van der Waals surface area contributed by atoms with E-state index >= 15 is 0 Å². The zero-order chi connectivity index (χ0) is 20.9. The average Bonchev–Trinajstić information content (AvgIpc) is 3.34. The van der Waals surface area contributed by atoms with Crippen molar-refractivity contribution < 1.29 is 13.9 Å². The fourth-order valence-corrected chi connectivity index (χ4v) is 4.32. The van der Waals surface area contributed by atoms with Crippen LogP contribution in [0.2, 0.25) is 0 Å². The Morgan fingerprint density at radius 2 is 2.17 bits per heavy atom. The quantitative estimate of drug-likeness (QED) is 0.690. The van der Waals surface area contributed by atoms with Gasteiger partial charge in [-0.2, -0.15) is 0 Å². The molecular weight excluding hydrogens is 390 g/mol. The fraction of sp³-hybridized carbons (Fsp3) is 0.333. The summed E-state index contributed by atoms with van der Waals surface area (Å²) in [4.78, 5) is 8.24.